The molecule has 0 aliphatic rings. The zero-order chi connectivity index (χ0) is 17.8. The molecule has 0 aliphatic carbocycles. The number of aryl methyl sites for hydroxylation is 1. The summed E-state index contributed by atoms with van der Waals surface area (Å²) in [5.41, 5.74) is 2.28. The van der Waals surface area contributed by atoms with E-state index in [0.29, 0.717) is 11.5 Å². The minimum absolute atomic E-state index is 0.345. The number of urea groups is 1. The molecule has 0 saturated carbocycles. The maximum Gasteiger partial charge on any atom is 0.324 e. The van der Waals surface area contributed by atoms with Gasteiger partial charge in [0.15, 0.2) is 0 Å². The van der Waals surface area contributed by atoms with Gasteiger partial charge in [-0.05, 0) is 37.3 Å². The number of carbonyl (C=O) groups is 1. The summed E-state index contributed by atoms with van der Waals surface area (Å²) < 4.78 is 7.81. The van der Waals surface area contributed by atoms with Crippen molar-refractivity contribution < 1.29 is 9.53 Å². The minimum atomic E-state index is -0.345. The molecule has 0 unspecified atom stereocenters. The fourth-order valence-corrected chi connectivity index (χ4v) is 2.77. The van der Waals surface area contributed by atoms with Gasteiger partial charge in [0.25, 0.3) is 0 Å². The summed E-state index contributed by atoms with van der Waals surface area (Å²) in [5.74, 6) is 1.29. The van der Waals surface area contributed by atoms with E-state index in [4.69, 9.17) is 4.74 Å². The van der Waals surface area contributed by atoms with Crippen molar-refractivity contribution in [3.05, 3.63) is 64.8 Å². The van der Waals surface area contributed by atoms with Gasteiger partial charge in [-0.2, -0.15) is 5.10 Å². The smallest absolute Gasteiger partial charge is 0.324 e. The molecule has 0 spiro atoms. The molecule has 0 aliphatic heterocycles. The van der Waals surface area contributed by atoms with Crippen molar-refractivity contribution in [1.29, 1.82) is 0 Å². The van der Waals surface area contributed by atoms with E-state index >= 15 is 0 Å². The third-order valence-corrected chi connectivity index (χ3v) is 3.95. The number of nitrogens with zero attached hydrogens (tertiary/aromatic N) is 2. The lowest BCUT2D eigenvalue weighted by atomic mass is 10.3. The van der Waals surface area contributed by atoms with E-state index in [2.05, 4.69) is 31.7 Å². The molecule has 0 radical (unpaired) electrons. The Balaban J connectivity index is 1.82. The normalized spacial score (nSPS) is 10.4. The lowest BCUT2D eigenvalue weighted by molar-refractivity contribution is 0.262. The van der Waals surface area contributed by atoms with E-state index in [0.717, 1.165) is 21.6 Å². The molecular weight excluding hydrogens is 384 g/mol. The highest BCUT2D eigenvalue weighted by molar-refractivity contribution is 9.10. The molecule has 6 nitrogen and oxygen atoms in total. The molecular formula is C18H17BrN4O2. The van der Waals surface area contributed by atoms with Crippen LogP contribution in [0.2, 0.25) is 0 Å². The number of carbonyl (C=O) groups excluding carboxylic acids is 1. The first-order chi connectivity index (χ1) is 12.0. The molecule has 0 bridgehead atoms. The largest absolute Gasteiger partial charge is 0.497 e. The SMILES string of the molecule is COc1cccc(-n2nc(C)cc2NC(=O)Nc2cccc(Br)c2)c1. The van der Waals surface area contributed by atoms with E-state index in [9.17, 15) is 4.79 Å². The van der Waals surface area contributed by atoms with Gasteiger partial charge >= 0.3 is 6.03 Å². The lowest BCUT2D eigenvalue weighted by Gasteiger charge is -2.11. The van der Waals surface area contributed by atoms with Crippen molar-refractivity contribution >= 4 is 33.5 Å². The van der Waals surface area contributed by atoms with E-state index in [1.165, 1.54) is 0 Å². The molecule has 128 valence electrons. The van der Waals surface area contributed by atoms with Crippen LogP contribution in [0.25, 0.3) is 5.69 Å². The van der Waals surface area contributed by atoms with E-state index in [-0.39, 0.29) is 6.03 Å². The number of aromatic nitrogens is 2. The summed E-state index contributed by atoms with van der Waals surface area (Å²) in [5, 5.41) is 10.1. The Morgan fingerprint density at radius 3 is 2.68 bits per heavy atom. The van der Waals surface area contributed by atoms with Crippen molar-refractivity contribution in [2.75, 3.05) is 17.7 Å². The monoisotopic (exact) mass is 400 g/mol. The van der Waals surface area contributed by atoms with Crippen LogP contribution >= 0.6 is 15.9 Å². The van der Waals surface area contributed by atoms with Gasteiger partial charge in [0.1, 0.15) is 11.6 Å². The van der Waals surface area contributed by atoms with Gasteiger partial charge in [0, 0.05) is 22.3 Å². The molecule has 0 fully saturated rings. The van der Waals surface area contributed by atoms with Gasteiger partial charge in [0.2, 0.25) is 0 Å². The van der Waals surface area contributed by atoms with Gasteiger partial charge in [-0.3, -0.25) is 5.32 Å². The zero-order valence-corrected chi connectivity index (χ0v) is 15.4. The molecule has 0 atom stereocenters. The van der Waals surface area contributed by atoms with Crippen LogP contribution in [0.3, 0.4) is 0 Å². The van der Waals surface area contributed by atoms with Crippen LogP contribution in [0, 0.1) is 6.92 Å². The summed E-state index contributed by atoms with van der Waals surface area (Å²) in [4.78, 5) is 12.3. The average molecular weight is 401 g/mol. The predicted octanol–water partition coefficient (Wildman–Crippen LogP) is 4.60. The average Bonchev–Trinajstić information content (AvgIpc) is 2.95. The summed E-state index contributed by atoms with van der Waals surface area (Å²) in [7, 11) is 1.61. The van der Waals surface area contributed by atoms with E-state index in [1.54, 1.807) is 17.9 Å². The van der Waals surface area contributed by atoms with Gasteiger partial charge in [-0.1, -0.05) is 28.1 Å². The molecule has 3 aromatic rings. The van der Waals surface area contributed by atoms with Gasteiger partial charge in [0.05, 0.1) is 18.5 Å². The number of methoxy groups -OCH3 is 1. The predicted molar refractivity (Wildman–Crippen MR) is 102 cm³/mol. The lowest BCUT2D eigenvalue weighted by Crippen LogP contribution is -2.21. The van der Waals surface area contributed by atoms with Crippen molar-refractivity contribution in [2.45, 2.75) is 6.92 Å². The van der Waals surface area contributed by atoms with Crippen molar-refractivity contribution in [3.63, 3.8) is 0 Å². The second kappa shape index (κ2) is 7.40. The van der Waals surface area contributed by atoms with Gasteiger partial charge in [-0.25, -0.2) is 9.48 Å². The maximum absolute atomic E-state index is 12.3. The minimum Gasteiger partial charge on any atom is -0.497 e. The third kappa shape index (κ3) is 4.19. The number of benzene rings is 2. The maximum atomic E-state index is 12.3. The van der Waals surface area contributed by atoms with Gasteiger partial charge < -0.3 is 10.1 Å². The fraction of sp³-hybridized carbons (Fsp3) is 0.111. The molecule has 2 N–H and O–H groups in total. The third-order valence-electron chi connectivity index (χ3n) is 3.45. The first kappa shape index (κ1) is 17.0. The van der Waals surface area contributed by atoms with Crippen LogP contribution in [0.5, 0.6) is 5.75 Å². The topological polar surface area (TPSA) is 68.2 Å². The standard InChI is InChI=1S/C18H17BrN4O2/c1-12-9-17(21-18(24)20-14-6-3-5-13(19)10-14)23(22-12)15-7-4-8-16(11-15)25-2/h3-11H,1-2H3,(H2,20,21,24). The first-order valence-electron chi connectivity index (χ1n) is 7.60. The Labute approximate surface area is 153 Å². The number of halogens is 1. The number of amides is 2. The molecule has 25 heavy (non-hydrogen) atoms. The number of hydrogen-bond acceptors (Lipinski definition) is 3. The molecule has 7 heteroatoms. The Hall–Kier alpha value is -2.80. The Kier molecular flexibility index (Phi) is 5.04. The molecule has 3 rings (SSSR count). The summed E-state index contributed by atoms with van der Waals surface area (Å²) in [6.45, 7) is 1.87. The number of hydrogen-bond donors (Lipinski definition) is 2. The number of ether oxygens (including phenoxy) is 1. The van der Waals surface area contributed by atoms with Crippen LogP contribution < -0.4 is 15.4 Å². The van der Waals surface area contributed by atoms with Gasteiger partial charge in [-0.15, -0.1) is 0 Å². The van der Waals surface area contributed by atoms with Crippen molar-refractivity contribution in [3.8, 4) is 11.4 Å². The van der Waals surface area contributed by atoms with E-state index < -0.39 is 0 Å². The zero-order valence-electron chi connectivity index (χ0n) is 13.8. The molecule has 1 heterocycles. The van der Waals surface area contributed by atoms with Crippen LogP contribution in [-0.2, 0) is 0 Å². The summed E-state index contributed by atoms with van der Waals surface area (Å²) >= 11 is 3.38. The quantitative estimate of drug-likeness (QED) is 0.672. The fourth-order valence-electron chi connectivity index (χ4n) is 2.37. The number of anilines is 2. The van der Waals surface area contributed by atoms with Crippen molar-refractivity contribution in [2.24, 2.45) is 0 Å². The molecule has 2 amide bonds. The Bertz CT molecular complexity index is 908. The second-order valence-electron chi connectivity index (χ2n) is 5.37. The number of nitrogens with one attached hydrogen (secondary N) is 2. The van der Waals surface area contributed by atoms with Crippen LogP contribution in [0.4, 0.5) is 16.3 Å². The highest BCUT2D eigenvalue weighted by Crippen LogP contribution is 2.21. The highest BCUT2D eigenvalue weighted by atomic mass is 79.9. The van der Waals surface area contributed by atoms with Crippen LogP contribution in [-0.4, -0.2) is 22.9 Å². The molecule has 0 saturated heterocycles. The second-order valence-corrected chi connectivity index (χ2v) is 6.29. The Morgan fingerprint density at radius 1 is 1.12 bits per heavy atom. The summed E-state index contributed by atoms with van der Waals surface area (Å²) in [6, 6.07) is 16.3. The molecule has 1 aromatic heterocycles. The Morgan fingerprint density at radius 2 is 1.92 bits per heavy atom. The summed E-state index contributed by atoms with van der Waals surface area (Å²) in [6.07, 6.45) is 0. The highest BCUT2D eigenvalue weighted by Gasteiger charge is 2.12. The van der Waals surface area contributed by atoms with Crippen LogP contribution in [0.1, 0.15) is 5.69 Å². The van der Waals surface area contributed by atoms with Crippen LogP contribution in [0.15, 0.2) is 59.1 Å². The number of rotatable bonds is 4. The van der Waals surface area contributed by atoms with E-state index in [1.807, 2.05) is 55.5 Å². The first-order valence-corrected chi connectivity index (χ1v) is 8.39. The van der Waals surface area contributed by atoms with Crippen molar-refractivity contribution in [1.82, 2.24) is 9.78 Å². The molecule has 2 aromatic carbocycles.